The summed E-state index contributed by atoms with van der Waals surface area (Å²) in [5.74, 6) is -0.395. The molecule has 2 rings (SSSR count). The van der Waals surface area contributed by atoms with Crippen molar-refractivity contribution in [1.82, 2.24) is 0 Å². The summed E-state index contributed by atoms with van der Waals surface area (Å²) < 4.78 is 10.4. The van der Waals surface area contributed by atoms with Crippen LogP contribution in [0.1, 0.15) is 33.6 Å². The van der Waals surface area contributed by atoms with E-state index < -0.39 is 23.3 Å². The number of methoxy groups -OCH3 is 1. The number of hydrogen-bond acceptors (Lipinski definition) is 4. The summed E-state index contributed by atoms with van der Waals surface area (Å²) in [6.45, 7) is 6.11. The number of carbonyl (C=O) groups excluding carboxylic acids is 1. The molecule has 17 heavy (non-hydrogen) atoms. The quantitative estimate of drug-likeness (QED) is 0.450. The molecule has 0 amide bonds. The van der Waals surface area contributed by atoms with Crippen LogP contribution in [0.2, 0.25) is 0 Å². The fourth-order valence-corrected chi connectivity index (χ4v) is 3.07. The normalized spacial score (nSPS) is 43.2. The van der Waals surface area contributed by atoms with Gasteiger partial charge in [-0.1, -0.05) is 13.8 Å². The number of aliphatic hydroxyl groups is 1. The zero-order valence-electron chi connectivity index (χ0n) is 10.8. The first kappa shape index (κ1) is 12.6. The lowest BCUT2D eigenvalue weighted by atomic mass is 9.63. The van der Waals surface area contributed by atoms with Crippen molar-refractivity contribution < 1.29 is 19.4 Å². The summed E-state index contributed by atoms with van der Waals surface area (Å²) >= 11 is 0. The Labute approximate surface area is 102 Å². The molecule has 4 nitrogen and oxygen atoms in total. The summed E-state index contributed by atoms with van der Waals surface area (Å²) in [6, 6.07) is 0. The van der Waals surface area contributed by atoms with Gasteiger partial charge in [-0.05, 0) is 25.8 Å². The lowest BCUT2D eigenvalue weighted by molar-refractivity contribution is -0.134. The zero-order valence-corrected chi connectivity index (χ0v) is 10.8. The van der Waals surface area contributed by atoms with E-state index in [4.69, 9.17) is 4.74 Å². The third kappa shape index (κ3) is 1.54. The van der Waals surface area contributed by atoms with E-state index in [0.29, 0.717) is 0 Å². The van der Waals surface area contributed by atoms with Gasteiger partial charge in [-0.2, -0.15) is 0 Å². The zero-order chi connectivity index (χ0) is 12.9. The van der Waals surface area contributed by atoms with Crippen LogP contribution < -0.4 is 0 Å². The van der Waals surface area contributed by atoms with E-state index in [1.54, 1.807) is 6.08 Å². The van der Waals surface area contributed by atoms with Crippen molar-refractivity contribution in [2.75, 3.05) is 7.11 Å². The Balaban J connectivity index is 2.29. The molecule has 0 aromatic carbocycles. The molecule has 0 bridgehead atoms. The van der Waals surface area contributed by atoms with Crippen molar-refractivity contribution in [3.63, 3.8) is 0 Å². The molecule has 3 atom stereocenters. The van der Waals surface area contributed by atoms with E-state index in [2.05, 4.69) is 18.6 Å². The SMILES string of the molecule is COC(=O)/C=C/C12OC1(C)C(O)CCC2(C)C. The van der Waals surface area contributed by atoms with Crippen LogP contribution >= 0.6 is 0 Å². The second-order valence-corrected chi connectivity index (χ2v) is 5.74. The number of ether oxygens (including phenoxy) is 2. The highest BCUT2D eigenvalue weighted by Gasteiger charge is 2.76. The summed E-state index contributed by atoms with van der Waals surface area (Å²) in [6.07, 6.45) is 4.27. The van der Waals surface area contributed by atoms with E-state index in [9.17, 15) is 9.90 Å². The summed E-state index contributed by atoms with van der Waals surface area (Å²) in [5, 5.41) is 10.0. The van der Waals surface area contributed by atoms with Gasteiger partial charge in [-0.3, -0.25) is 0 Å². The minimum atomic E-state index is -0.570. The maximum atomic E-state index is 11.2. The second kappa shape index (κ2) is 3.56. The van der Waals surface area contributed by atoms with Crippen molar-refractivity contribution in [2.45, 2.75) is 50.9 Å². The lowest BCUT2D eigenvalue weighted by Crippen LogP contribution is -2.48. The van der Waals surface area contributed by atoms with Gasteiger partial charge in [-0.25, -0.2) is 4.79 Å². The Kier molecular flexibility index (Phi) is 2.64. The van der Waals surface area contributed by atoms with Gasteiger partial charge in [0.1, 0.15) is 11.2 Å². The first-order chi connectivity index (χ1) is 7.79. The highest BCUT2D eigenvalue weighted by Crippen LogP contribution is 2.65. The maximum Gasteiger partial charge on any atom is 0.330 e. The third-order valence-corrected chi connectivity index (χ3v) is 4.41. The highest BCUT2D eigenvalue weighted by molar-refractivity contribution is 5.82. The van der Waals surface area contributed by atoms with Crippen molar-refractivity contribution >= 4 is 5.97 Å². The Morgan fingerprint density at radius 3 is 2.71 bits per heavy atom. The minimum Gasteiger partial charge on any atom is -0.466 e. The number of aliphatic hydroxyl groups excluding tert-OH is 1. The molecule has 0 aromatic heterocycles. The van der Waals surface area contributed by atoms with E-state index >= 15 is 0 Å². The van der Waals surface area contributed by atoms with Gasteiger partial charge in [0.05, 0.1) is 13.2 Å². The number of hydrogen-bond donors (Lipinski definition) is 1. The predicted octanol–water partition coefficient (Wildman–Crippen LogP) is 1.42. The first-order valence-electron chi connectivity index (χ1n) is 5.94. The van der Waals surface area contributed by atoms with E-state index in [1.807, 2.05) is 6.92 Å². The summed E-state index contributed by atoms with van der Waals surface area (Å²) in [4.78, 5) is 11.2. The number of esters is 1. The topological polar surface area (TPSA) is 59.1 Å². The average molecular weight is 240 g/mol. The van der Waals surface area contributed by atoms with E-state index in [-0.39, 0.29) is 5.41 Å². The smallest absolute Gasteiger partial charge is 0.330 e. The number of fused-ring (bicyclic) bond motifs is 1. The van der Waals surface area contributed by atoms with Gasteiger partial charge in [0, 0.05) is 11.5 Å². The van der Waals surface area contributed by atoms with Crippen molar-refractivity contribution in [2.24, 2.45) is 5.41 Å². The minimum absolute atomic E-state index is 0.0918. The van der Waals surface area contributed by atoms with Gasteiger partial charge < -0.3 is 14.6 Å². The highest BCUT2D eigenvalue weighted by atomic mass is 16.6. The van der Waals surface area contributed by atoms with Crippen LogP contribution in [0.25, 0.3) is 0 Å². The Morgan fingerprint density at radius 2 is 2.12 bits per heavy atom. The van der Waals surface area contributed by atoms with Crippen LogP contribution in [0.4, 0.5) is 0 Å². The standard InChI is InChI=1S/C13H20O4/c1-11(2)7-5-9(14)12(3)13(11,17-12)8-6-10(15)16-4/h6,8-9,14H,5,7H2,1-4H3/b8-6+. The Morgan fingerprint density at radius 1 is 1.47 bits per heavy atom. The molecule has 1 aliphatic heterocycles. The van der Waals surface area contributed by atoms with Crippen molar-refractivity contribution in [3.05, 3.63) is 12.2 Å². The van der Waals surface area contributed by atoms with E-state index in [0.717, 1.165) is 12.8 Å². The largest absolute Gasteiger partial charge is 0.466 e. The fraction of sp³-hybridized carbons (Fsp3) is 0.769. The lowest BCUT2D eigenvalue weighted by Gasteiger charge is -2.38. The molecule has 1 saturated heterocycles. The van der Waals surface area contributed by atoms with Crippen LogP contribution in [-0.4, -0.2) is 35.5 Å². The molecule has 3 unspecified atom stereocenters. The Bertz CT molecular complexity index is 374. The molecule has 1 N–H and O–H groups in total. The Hall–Kier alpha value is -0.870. The molecule has 1 aliphatic carbocycles. The van der Waals surface area contributed by atoms with Crippen LogP contribution in [0.15, 0.2) is 12.2 Å². The van der Waals surface area contributed by atoms with Crippen LogP contribution in [0.3, 0.4) is 0 Å². The number of carbonyl (C=O) groups is 1. The molecular formula is C13H20O4. The fourth-order valence-electron chi connectivity index (χ4n) is 3.07. The van der Waals surface area contributed by atoms with Gasteiger partial charge in [0.15, 0.2) is 0 Å². The van der Waals surface area contributed by atoms with Crippen molar-refractivity contribution in [1.29, 1.82) is 0 Å². The molecule has 0 spiro atoms. The predicted molar refractivity (Wildman–Crippen MR) is 62.4 cm³/mol. The molecule has 96 valence electrons. The molecule has 1 saturated carbocycles. The number of rotatable bonds is 2. The molecule has 1 heterocycles. The molecule has 2 aliphatic rings. The molecule has 0 aromatic rings. The third-order valence-electron chi connectivity index (χ3n) is 4.41. The maximum absolute atomic E-state index is 11.2. The van der Waals surface area contributed by atoms with Crippen LogP contribution in [0.5, 0.6) is 0 Å². The number of epoxide rings is 1. The van der Waals surface area contributed by atoms with E-state index in [1.165, 1.54) is 13.2 Å². The average Bonchev–Trinajstić information content (AvgIpc) is 2.92. The van der Waals surface area contributed by atoms with Crippen molar-refractivity contribution in [3.8, 4) is 0 Å². The monoisotopic (exact) mass is 240 g/mol. The van der Waals surface area contributed by atoms with Gasteiger partial charge >= 0.3 is 5.97 Å². The second-order valence-electron chi connectivity index (χ2n) is 5.74. The van der Waals surface area contributed by atoms with Gasteiger partial charge in [0.2, 0.25) is 0 Å². The molecule has 0 radical (unpaired) electrons. The first-order valence-corrected chi connectivity index (χ1v) is 5.94. The molecular weight excluding hydrogens is 220 g/mol. The van der Waals surface area contributed by atoms with Gasteiger partial charge in [0.25, 0.3) is 0 Å². The van der Waals surface area contributed by atoms with Crippen LogP contribution in [-0.2, 0) is 14.3 Å². The molecule has 2 fully saturated rings. The van der Waals surface area contributed by atoms with Gasteiger partial charge in [-0.15, -0.1) is 0 Å². The molecule has 4 heteroatoms. The van der Waals surface area contributed by atoms with Crippen LogP contribution in [0, 0.1) is 5.41 Å². The summed E-state index contributed by atoms with van der Waals surface area (Å²) in [5.41, 5.74) is -1.21. The summed E-state index contributed by atoms with van der Waals surface area (Å²) in [7, 11) is 1.35.